The monoisotopic (exact) mass is 563 g/mol. The van der Waals surface area contributed by atoms with Crippen molar-refractivity contribution in [2.24, 2.45) is 0 Å². The summed E-state index contributed by atoms with van der Waals surface area (Å²) < 4.78 is 6.84. The lowest BCUT2D eigenvalue weighted by atomic mass is 10.1. The van der Waals surface area contributed by atoms with Crippen LogP contribution in [0.3, 0.4) is 0 Å². The second-order valence-corrected chi connectivity index (χ2v) is 10.2. The molecule has 2 amide bonds. The molecule has 1 saturated heterocycles. The first-order chi connectivity index (χ1) is 17.0. The molecule has 1 fully saturated rings. The number of hydrogen-bond donors (Lipinski definition) is 0. The van der Waals surface area contributed by atoms with Gasteiger partial charge in [0.05, 0.1) is 15.9 Å². The van der Waals surface area contributed by atoms with E-state index in [2.05, 4.69) is 40.2 Å². The van der Waals surface area contributed by atoms with Crippen LogP contribution in [-0.4, -0.2) is 16.0 Å². The van der Waals surface area contributed by atoms with Gasteiger partial charge in [0, 0.05) is 5.02 Å². The van der Waals surface area contributed by atoms with Gasteiger partial charge >= 0.3 is 0 Å². The van der Waals surface area contributed by atoms with Gasteiger partial charge in [0.25, 0.3) is 11.1 Å². The number of nitrogens with zero attached hydrogens (tertiary/aromatic N) is 1. The highest BCUT2D eigenvalue weighted by Crippen LogP contribution is 2.35. The first-order valence-electron chi connectivity index (χ1n) is 10.9. The summed E-state index contributed by atoms with van der Waals surface area (Å²) in [6.45, 7) is 0.576. The molecule has 1 aliphatic heterocycles. The van der Waals surface area contributed by atoms with Crippen LogP contribution in [0.25, 0.3) is 16.8 Å². The molecule has 174 valence electrons. The standard InChI is InChI=1S/C28H19BrClNO3S/c29-23-14-18(12-13-25(23)34-17-21-9-5-8-19-6-1-3-10-22(19)21)15-26-27(32)31(28(33)35-26)16-20-7-2-4-11-24(20)30/h1-15H,16-17H2/b26-15-. The van der Waals surface area contributed by atoms with Gasteiger partial charge in [0.1, 0.15) is 12.4 Å². The molecule has 0 radical (unpaired) electrons. The molecule has 0 spiro atoms. The minimum absolute atomic E-state index is 0.145. The maximum Gasteiger partial charge on any atom is 0.293 e. The van der Waals surface area contributed by atoms with Gasteiger partial charge in [0.15, 0.2) is 0 Å². The van der Waals surface area contributed by atoms with E-state index in [4.69, 9.17) is 16.3 Å². The van der Waals surface area contributed by atoms with Crippen molar-refractivity contribution in [3.8, 4) is 5.75 Å². The van der Waals surface area contributed by atoms with Gasteiger partial charge < -0.3 is 4.74 Å². The molecule has 0 bridgehead atoms. The summed E-state index contributed by atoms with van der Waals surface area (Å²) in [4.78, 5) is 27.0. The van der Waals surface area contributed by atoms with Crippen molar-refractivity contribution in [3.63, 3.8) is 0 Å². The maximum absolute atomic E-state index is 12.9. The van der Waals surface area contributed by atoms with E-state index in [9.17, 15) is 9.59 Å². The van der Waals surface area contributed by atoms with Crippen LogP contribution in [-0.2, 0) is 17.9 Å². The van der Waals surface area contributed by atoms with Crippen molar-refractivity contribution in [1.82, 2.24) is 4.90 Å². The minimum Gasteiger partial charge on any atom is -0.488 e. The fraction of sp³-hybridized carbons (Fsp3) is 0.0714. The summed E-state index contributed by atoms with van der Waals surface area (Å²) in [6.07, 6.45) is 1.72. The normalized spacial score (nSPS) is 14.8. The highest BCUT2D eigenvalue weighted by molar-refractivity contribution is 9.10. The van der Waals surface area contributed by atoms with Crippen LogP contribution in [0.15, 0.2) is 94.3 Å². The molecular formula is C28H19BrClNO3S. The number of amides is 2. The molecule has 7 heteroatoms. The van der Waals surface area contributed by atoms with Crippen LogP contribution in [0.5, 0.6) is 5.75 Å². The Hall–Kier alpha value is -3.06. The van der Waals surface area contributed by atoms with Crippen LogP contribution in [0.4, 0.5) is 4.79 Å². The second kappa shape index (κ2) is 10.3. The zero-order valence-corrected chi connectivity index (χ0v) is 21.6. The minimum atomic E-state index is -0.327. The average Bonchev–Trinajstić information content (AvgIpc) is 3.12. The predicted molar refractivity (Wildman–Crippen MR) is 145 cm³/mol. The van der Waals surface area contributed by atoms with E-state index in [1.807, 2.05) is 54.6 Å². The third-order valence-corrected chi connectivity index (χ3v) is 7.57. The van der Waals surface area contributed by atoms with Crippen molar-refractivity contribution in [3.05, 3.63) is 116 Å². The van der Waals surface area contributed by atoms with Crippen LogP contribution < -0.4 is 4.74 Å². The summed E-state index contributed by atoms with van der Waals surface area (Å²) in [5.41, 5.74) is 2.62. The Balaban J connectivity index is 1.30. The maximum atomic E-state index is 12.9. The van der Waals surface area contributed by atoms with E-state index in [0.717, 1.165) is 38.3 Å². The molecule has 4 aromatic carbocycles. The summed E-state index contributed by atoms with van der Waals surface area (Å²) in [5, 5.41) is 2.55. The zero-order valence-electron chi connectivity index (χ0n) is 18.4. The lowest BCUT2D eigenvalue weighted by Gasteiger charge is -2.13. The van der Waals surface area contributed by atoms with Gasteiger partial charge in [0.2, 0.25) is 0 Å². The molecule has 35 heavy (non-hydrogen) atoms. The molecule has 1 aliphatic rings. The molecule has 0 unspecified atom stereocenters. The zero-order chi connectivity index (χ0) is 24.4. The van der Waals surface area contributed by atoms with E-state index in [1.165, 1.54) is 10.3 Å². The Bertz CT molecular complexity index is 1480. The van der Waals surface area contributed by atoms with Gasteiger partial charge in [-0.15, -0.1) is 0 Å². The molecule has 0 saturated carbocycles. The number of rotatable bonds is 6. The highest BCUT2D eigenvalue weighted by Gasteiger charge is 2.35. The number of carbonyl (C=O) groups excluding carboxylic acids is 2. The fourth-order valence-electron chi connectivity index (χ4n) is 3.88. The lowest BCUT2D eigenvalue weighted by Crippen LogP contribution is -2.27. The molecule has 0 N–H and O–H groups in total. The second-order valence-electron chi connectivity index (χ2n) is 7.98. The summed E-state index contributed by atoms with van der Waals surface area (Å²) in [6, 6.07) is 27.2. The number of thioether (sulfide) groups is 1. The first-order valence-corrected chi connectivity index (χ1v) is 12.9. The molecule has 0 aromatic heterocycles. The van der Waals surface area contributed by atoms with Gasteiger partial charge in [-0.05, 0) is 79.4 Å². The predicted octanol–water partition coefficient (Wildman–Crippen LogP) is 8.07. The van der Waals surface area contributed by atoms with Gasteiger partial charge in [-0.25, -0.2) is 0 Å². The third-order valence-electron chi connectivity index (χ3n) is 5.68. The van der Waals surface area contributed by atoms with Crippen molar-refractivity contribution in [1.29, 1.82) is 0 Å². The molecule has 0 aliphatic carbocycles. The van der Waals surface area contributed by atoms with E-state index < -0.39 is 0 Å². The largest absolute Gasteiger partial charge is 0.488 e. The van der Waals surface area contributed by atoms with Crippen LogP contribution in [0.2, 0.25) is 5.02 Å². The van der Waals surface area contributed by atoms with Crippen LogP contribution >= 0.6 is 39.3 Å². The molecule has 4 nitrogen and oxygen atoms in total. The average molecular weight is 565 g/mol. The molecule has 5 rings (SSSR count). The molecule has 0 atom stereocenters. The summed E-state index contributed by atoms with van der Waals surface area (Å²) >= 11 is 10.7. The smallest absolute Gasteiger partial charge is 0.293 e. The van der Waals surface area contributed by atoms with E-state index >= 15 is 0 Å². The van der Waals surface area contributed by atoms with Crippen molar-refractivity contribution < 1.29 is 14.3 Å². The van der Waals surface area contributed by atoms with E-state index in [0.29, 0.717) is 22.3 Å². The number of hydrogen-bond acceptors (Lipinski definition) is 4. The number of ether oxygens (including phenoxy) is 1. The Morgan fingerprint density at radius 2 is 1.66 bits per heavy atom. The Morgan fingerprint density at radius 3 is 2.49 bits per heavy atom. The number of carbonyl (C=O) groups is 2. The molecular weight excluding hydrogens is 546 g/mol. The highest BCUT2D eigenvalue weighted by atomic mass is 79.9. The van der Waals surface area contributed by atoms with Gasteiger partial charge in [-0.2, -0.15) is 0 Å². The topological polar surface area (TPSA) is 46.6 Å². The summed E-state index contributed by atoms with van der Waals surface area (Å²) in [5.74, 6) is 0.370. The van der Waals surface area contributed by atoms with E-state index in [1.54, 1.807) is 12.1 Å². The number of halogens is 2. The van der Waals surface area contributed by atoms with Crippen molar-refractivity contribution >= 4 is 67.3 Å². The lowest BCUT2D eigenvalue weighted by molar-refractivity contribution is -0.123. The Labute approximate surface area is 220 Å². The Morgan fingerprint density at radius 1 is 0.914 bits per heavy atom. The van der Waals surface area contributed by atoms with Crippen LogP contribution in [0, 0.1) is 0 Å². The van der Waals surface area contributed by atoms with E-state index in [-0.39, 0.29) is 17.7 Å². The molecule has 1 heterocycles. The van der Waals surface area contributed by atoms with Gasteiger partial charge in [-0.1, -0.05) is 78.3 Å². The SMILES string of the molecule is O=C1S/C(=C\c2ccc(OCc3cccc4ccccc34)c(Br)c2)C(=O)N1Cc1ccccc1Cl. The fourth-order valence-corrected chi connectivity index (χ4v) is 5.43. The van der Waals surface area contributed by atoms with Gasteiger partial charge in [-0.3, -0.25) is 14.5 Å². The first kappa shape index (κ1) is 23.7. The van der Waals surface area contributed by atoms with Crippen molar-refractivity contribution in [2.75, 3.05) is 0 Å². The number of fused-ring (bicyclic) bond motifs is 1. The molecule has 4 aromatic rings. The Kier molecular flexibility index (Phi) is 6.95. The quantitative estimate of drug-likeness (QED) is 0.222. The van der Waals surface area contributed by atoms with Crippen LogP contribution in [0.1, 0.15) is 16.7 Å². The number of benzene rings is 4. The summed E-state index contributed by atoms with van der Waals surface area (Å²) in [7, 11) is 0. The van der Waals surface area contributed by atoms with Crippen molar-refractivity contribution in [2.45, 2.75) is 13.2 Å². The number of imide groups is 1. The third kappa shape index (κ3) is 5.15.